The van der Waals surface area contributed by atoms with Crippen molar-refractivity contribution in [3.05, 3.63) is 77.6 Å². The molecule has 0 saturated heterocycles. The molecule has 0 aliphatic heterocycles. The zero-order chi connectivity index (χ0) is 23.6. The van der Waals surface area contributed by atoms with E-state index >= 15 is 0 Å². The fraction of sp³-hybridized carbons (Fsp3) is 0.250. The van der Waals surface area contributed by atoms with Crippen LogP contribution in [0.1, 0.15) is 54.3 Å². The van der Waals surface area contributed by atoms with Gasteiger partial charge >= 0.3 is 5.97 Å². The van der Waals surface area contributed by atoms with E-state index < -0.39 is 12.0 Å². The van der Waals surface area contributed by atoms with Crippen LogP contribution in [0.25, 0.3) is 11.3 Å². The highest BCUT2D eigenvalue weighted by Gasteiger charge is 2.15. The highest BCUT2D eigenvalue weighted by molar-refractivity contribution is 5.95. The second kappa shape index (κ2) is 11.5. The molecule has 1 aromatic heterocycles. The zero-order valence-electron chi connectivity index (χ0n) is 18.6. The van der Waals surface area contributed by atoms with Crippen LogP contribution in [0.15, 0.2) is 71.2 Å². The predicted octanol–water partition coefficient (Wildman–Crippen LogP) is 4.43. The molecule has 0 saturated carbocycles. The van der Waals surface area contributed by atoms with E-state index in [0.717, 1.165) is 5.56 Å². The average molecular weight is 447 g/mol. The van der Waals surface area contributed by atoms with Crippen molar-refractivity contribution in [2.75, 3.05) is 5.73 Å². The van der Waals surface area contributed by atoms with Gasteiger partial charge in [-0.15, -0.1) is 5.11 Å². The van der Waals surface area contributed by atoms with Gasteiger partial charge in [0.05, 0.1) is 11.9 Å². The number of carbonyl (C=O) groups excluding carboxylic acids is 2. The molecular weight excluding hydrogens is 420 g/mol. The molecule has 0 aliphatic carbocycles. The molecule has 3 N–H and O–H groups in total. The Bertz CT molecular complexity index is 1130. The summed E-state index contributed by atoms with van der Waals surface area (Å²) in [5.41, 5.74) is 9.11. The Morgan fingerprint density at radius 1 is 1.15 bits per heavy atom. The fourth-order valence-electron chi connectivity index (χ4n) is 3.00. The molecule has 1 heterocycles. The predicted molar refractivity (Wildman–Crippen MR) is 124 cm³/mol. The molecule has 3 aromatic rings. The van der Waals surface area contributed by atoms with Gasteiger partial charge in [0.15, 0.2) is 0 Å². The Labute approximate surface area is 192 Å². The minimum Gasteiger partial charge on any atom is -0.382 e. The number of carbonyl (C=O) groups is 2. The summed E-state index contributed by atoms with van der Waals surface area (Å²) in [5, 5.41) is 10.3. The number of anilines is 1. The summed E-state index contributed by atoms with van der Waals surface area (Å²) in [6.45, 7) is 4.01. The Kier molecular flexibility index (Phi) is 8.18. The molecule has 0 spiro atoms. The third-order valence-electron chi connectivity index (χ3n) is 4.76. The van der Waals surface area contributed by atoms with Gasteiger partial charge in [-0.1, -0.05) is 49.4 Å². The van der Waals surface area contributed by atoms with Crippen molar-refractivity contribution < 1.29 is 14.4 Å². The lowest BCUT2D eigenvalue weighted by atomic mass is 10.1. The number of hydrogen-bond donors (Lipinski definition) is 2. The van der Waals surface area contributed by atoms with E-state index in [1.165, 1.54) is 6.20 Å². The maximum atomic E-state index is 12.6. The van der Waals surface area contributed by atoms with Crippen molar-refractivity contribution in [3.8, 4) is 11.3 Å². The Hall–Kier alpha value is -4.14. The van der Waals surface area contributed by atoms with Crippen LogP contribution in [0.5, 0.6) is 0 Å². The van der Waals surface area contributed by atoms with Crippen molar-refractivity contribution in [1.82, 2.24) is 15.3 Å². The van der Waals surface area contributed by atoms with E-state index in [1.807, 2.05) is 43.3 Å². The molecule has 33 heavy (non-hydrogen) atoms. The fourth-order valence-corrected chi connectivity index (χ4v) is 3.00. The van der Waals surface area contributed by atoms with Crippen molar-refractivity contribution >= 4 is 17.7 Å². The van der Waals surface area contributed by atoms with Gasteiger partial charge in [-0.2, -0.15) is 0 Å². The molecule has 1 atom stereocenters. The van der Waals surface area contributed by atoms with Crippen molar-refractivity contribution in [2.45, 2.75) is 39.3 Å². The normalized spacial score (nSPS) is 11.8. The Morgan fingerprint density at radius 2 is 1.94 bits per heavy atom. The molecule has 3 rings (SSSR count). The van der Waals surface area contributed by atoms with Crippen LogP contribution in [-0.4, -0.2) is 21.8 Å². The highest BCUT2D eigenvalue weighted by Crippen LogP contribution is 2.25. The zero-order valence-corrected chi connectivity index (χ0v) is 18.6. The third kappa shape index (κ3) is 6.67. The maximum Gasteiger partial charge on any atom is 0.336 e. The van der Waals surface area contributed by atoms with Gasteiger partial charge in [0.2, 0.25) is 0 Å². The van der Waals surface area contributed by atoms with Gasteiger partial charge in [0, 0.05) is 29.4 Å². The number of amides is 1. The minimum absolute atomic E-state index is 0.194. The smallest absolute Gasteiger partial charge is 0.336 e. The second-order valence-corrected chi connectivity index (χ2v) is 7.36. The largest absolute Gasteiger partial charge is 0.382 e. The minimum atomic E-state index is -0.579. The summed E-state index contributed by atoms with van der Waals surface area (Å²) in [4.78, 5) is 37.5. The molecule has 1 unspecified atom stereocenters. The van der Waals surface area contributed by atoms with Crippen LogP contribution < -0.4 is 11.1 Å². The first-order valence-electron chi connectivity index (χ1n) is 10.6. The van der Waals surface area contributed by atoms with Crippen LogP contribution in [-0.2, 0) is 16.2 Å². The van der Waals surface area contributed by atoms with Gasteiger partial charge in [-0.25, -0.2) is 14.8 Å². The maximum absolute atomic E-state index is 12.6. The van der Waals surface area contributed by atoms with Crippen LogP contribution in [0, 0.1) is 0 Å². The van der Waals surface area contributed by atoms with Gasteiger partial charge in [-0.05, 0) is 31.0 Å². The first-order chi connectivity index (χ1) is 16.0. The summed E-state index contributed by atoms with van der Waals surface area (Å²) in [6, 6.07) is 16.2. The number of nitrogen functional groups attached to an aromatic ring is 1. The first-order valence-corrected chi connectivity index (χ1v) is 10.6. The quantitative estimate of drug-likeness (QED) is 0.369. The monoisotopic (exact) mass is 446 g/mol. The highest BCUT2D eigenvalue weighted by atomic mass is 16.7. The topological polar surface area (TPSA) is 132 Å². The van der Waals surface area contributed by atoms with Crippen LogP contribution >= 0.6 is 0 Å². The SMILES string of the molecule is CCCC(=O)ON=NC(C)c1nc(-c2cccc(C(=O)NCc3ccccc3)c2)cnc1N. The molecular formula is C24H26N6O3. The van der Waals surface area contributed by atoms with Crippen molar-refractivity contribution in [3.63, 3.8) is 0 Å². The van der Waals surface area contributed by atoms with Crippen molar-refractivity contribution in [2.24, 2.45) is 10.4 Å². The molecule has 9 nitrogen and oxygen atoms in total. The molecule has 9 heteroatoms. The molecule has 2 aromatic carbocycles. The number of nitrogens with zero attached hydrogens (tertiary/aromatic N) is 4. The van der Waals surface area contributed by atoms with Gasteiger partial charge in [0.25, 0.3) is 5.91 Å². The second-order valence-electron chi connectivity index (χ2n) is 7.36. The molecule has 0 fully saturated rings. The molecule has 0 radical (unpaired) electrons. The number of hydrogen-bond acceptors (Lipinski definition) is 8. The molecule has 170 valence electrons. The molecule has 1 amide bonds. The van der Waals surface area contributed by atoms with E-state index in [9.17, 15) is 9.59 Å². The van der Waals surface area contributed by atoms with Gasteiger partial charge in [0.1, 0.15) is 17.6 Å². The van der Waals surface area contributed by atoms with E-state index in [0.29, 0.717) is 35.5 Å². The van der Waals surface area contributed by atoms with E-state index in [2.05, 4.69) is 25.7 Å². The van der Waals surface area contributed by atoms with Gasteiger partial charge in [-0.3, -0.25) is 4.79 Å². The van der Waals surface area contributed by atoms with E-state index in [1.54, 1.807) is 25.1 Å². The number of nitrogens with one attached hydrogen (secondary N) is 1. The number of aromatic nitrogens is 2. The Balaban J connectivity index is 1.73. The summed E-state index contributed by atoms with van der Waals surface area (Å²) in [7, 11) is 0. The van der Waals surface area contributed by atoms with E-state index in [-0.39, 0.29) is 18.1 Å². The number of rotatable bonds is 9. The lowest BCUT2D eigenvalue weighted by Gasteiger charge is -2.10. The average Bonchev–Trinajstić information content (AvgIpc) is 2.83. The van der Waals surface area contributed by atoms with Crippen molar-refractivity contribution in [1.29, 1.82) is 0 Å². The van der Waals surface area contributed by atoms with Crippen LogP contribution in [0.3, 0.4) is 0 Å². The summed E-state index contributed by atoms with van der Waals surface area (Å²) in [5.74, 6) is -0.453. The molecule has 0 bridgehead atoms. The summed E-state index contributed by atoms with van der Waals surface area (Å²) >= 11 is 0. The van der Waals surface area contributed by atoms with Crippen LogP contribution in [0.4, 0.5) is 5.82 Å². The number of benzene rings is 2. The van der Waals surface area contributed by atoms with Crippen LogP contribution in [0.2, 0.25) is 0 Å². The standard InChI is InChI=1S/C24H26N6O3/c1-3-8-21(31)33-30-29-16(2)22-23(25)26-15-20(28-22)18-11-7-12-19(13-18)24(32)27-14-17-9-5-4-6-10-17/h4-7,9-13,15-16H,3,8,14H2,1-2H3,(H2,25,26)(H,27,32). The molecule has 0 aliphatic rings. The Morgan fingerprint density at radius 3 is 2.70 bits per heavy atom. The lowest BCUT2D eigenvalue weighted by Crippen LogP contribution is -2.22. The lowest BCUT2D eigenvalue weighted by molar-refractivity contribution is -0.144. The summed E-state index contributed by atoms with van der Waals surface area (Å²) < 4.78 is 0. The van der Waals surface area contributed by atoms with E-state index in [4.69, 9.17) is 10.6 Å². The first kappa shape index (κ1) is 23.5. The number of nitrogens with two attached hydrogens (primary N) is 1. The summed E-state index contributed by atoms with van der Waals surface area (Å²) in [6.07, 6.45) is 2.46. The third-order valence-corrected chi connectivity index (χ3v) is 4.76. The van der Waals surface area contributed by atoms with Gasteiger partial charge < -0.3 is 15.9 Å².